The average Bonchev–Trinajstić information content (AvgIpc) is 2.82. The molecule has 2 heteroatoms. The SMILES string of the molecule is CCCCCC[C@H]1CC[C@H](CCc2ccc(-c3ccc(CCCCC)cn3)c(F)c2)CC1. The summed E-state index contributed by atoms with van der Waals surface area (Å²) in [5, 5.41) is 0. The Kier molecular flexibility index (Phi) is 10.7. The van der Waals surface area contributed by atoms with Gasteiger partial charge in [0.25, 0.3) is 0 Å². The Morgan fingerprint density at radius 3 is 2.09 bits per heavy atom. The van der Waals surface area contributed by atoms with Gasteiger partial charge < -0.3 is 0 Å². The maximum absolute atomic E-state index is 14.8. The second kappa shape index (κ2) is 13.8. The molecule has 0 spiro atoms. The smallest absolute Gasteiger partial charge is 0.132 e. The third kappa shape index (κ3) is 8.01. The van der Waals surface area contributed by atoms with E-state index in [0.29, 0.717) is 5.56 Å². The van der Waals surface area contributed by atoms with Crippen LogP contribution in [0.4, 0.5) is 4.39 Å². The highest BCUT2D eigenvalue weighted by atomic mass is 19.1. The molecule has 1 aromatic carbocycles. The standard InChI is InChI=1S/C30H44FN/c1-3-5-7-9-10-24-12-14-25(15-13-24)16-17-26-18-20-28(29(31)22-26)30-21-19-27(23-32-30)11-8-6-4-2/h18-25H,3-17H2,1-2H3/t24-,25-. The second-order valence-electron chi connectivity index (χ2n) is 10.1. The summed E-state index contributed by atoms with van der Waals surface area (Å²) in [5.41, 5.74) is 3.74. The second-order valence-corrected chi connectivity index (χ2v) is 10.1. The molecule has 0 N–H and O–H groups in total. The molecule has 0 bridgehead atoms. The lowest BCUT2D eigenvalue weighted by Gasteiger charge is -2.28. The molecule has 1 saturated carbocycles. The molecule has 0 aliphatic heterocycles. The molecule has 0 saturated heterocycles. The lowest BCUT2D eigenvalue weighted by molar-refractivity contribution is 0.249. The van der Waals surface area contributed by atoms with Crippen molar-refractivity contribution in [2.45, 2.75) is 110 Å². The number of unbranched alkanes of at least 4 members (excludes halogenated alkanes) is 5. The monoisotopic (exact) mass is 437 g/mol. The largest absolute Gasteiger partial charge is 0.256 e. The van der Waals surface area contributed by atoms with Crippen LogP contribution in [0.25, 0.3) is 11.3 Å². The molecule has 3 rings (SSSR count). The van der Waals surface area contributed by atoms with E-state index in [1.165, 1.54) is 89.0 Å². The van der Waals surface area contributed by atoms with E-state index in [2.05, 4.69) is 31.0 Å². The van der Waals surface area contributed by atoms with Crippen LogP contribution in [0, 0.1) is 17.7 Å². The summed E-state index contributed by atoms with van der Waals surface area (Å²) < 4.78 is 14.8. The van der Waals surface area contributed by atoms with Gasteiger partial charge in [0.1, 0.15) is 5.82 Å². The molecular weight excluding hydrogens is 393 g/mol. The molecule has 2 aromatic rings. The summed E-state index contributed by atoms with van der Waals surface area (Å²) in [6.07, 6.45) is 21.4. The highest BCUT2D eigenvalue weighted by Gasteiger charge is 2.20. The van der Waals surface area contributed by atoms with Crippen molar-refractivity contribution >= 4 is 0 Å². The summed E-state index contributed by atoms with van der Waals surface area (Å²) in [4.78, 5) is 4.54. The molecule has 0 unspecified atom stereocenters. The van der Waals surface area contributed by atoms with Gasteiger partial charge in [0.05, 0.1) is 5.69 Å². The fourth-order valence-electron chi connectivity index (χ4n) is 5.27. The van der Waals surface area contributed by atoms with E-state index in [9.17, 15) is 4.39 Å². The molecule has 32 heavy (non-hydrogen) atoms. The van der Waals surface area contributed by atoms with Crippen molar-refractivity contribution in [2.24, 2.45) is 11.8 Å². The molecule has 0 atom stereocenters. The lowest BCUT2D eigenvalue weighted by atomic mass is 9.77. The topological polar surface area (TPSA) is 12.9 Å². The van der Waals surface area contributed by atoms with Gasteiger partial charge >= 0.3 is 0 Å². The van der Waals surface area contributed by atoms with Gasteiger partial charge in [0.2, 0.25) is 0 Å². The molecule has 0 radical (unpaired) electrons. The normalized spacial score (nSPS) is 18.7. The molecule has 1 heterocycles. The summed E-state index contributed by atoms with van der Waals surface area (Å²) in [7, 11) is 0. The molecule has 1 aliphatic carbocycles. The Labute approximate surface area is 196 Å². The zero-order valence-corrected chi connectivity index (χ0v) is 20.6. The van der Waals surface area contributed by atoms with Crippen LogP contribution in [-0.4, -0.2) is 4.98 Å². The number of hydrogen-bond acceptors (Lipinski definition) is 1. The van der Waals surface area contributed by atoms with Gasteiger partial charge in [-0.1, -0.05) is 96.6 Å². The first-order valence-electron chi connectivity index (χ1n) is 13.4. The molecule has 176 valence electrons. The van der Waals surface area contributed by atoms with Crippen molar-refractivity contribution < 1.29 is 4.39 Å². The van der Waals surface area contributed by atoms with Gasteiger partial charge in [0.15, 0.2) is 0 Å². The molecule has 1 fully saturated rings. The van der Waals surface area contributed by atoms with Crippen LogP contribution in [0.5, 0.6) is 0 Å². The number of aromatic nitrogens is 1. The summed E-state index contributed by atoms with van der Waals surface area (Å²) >= 11 is 0. The lowest BCUT2D eigenvalue weighted by Crippen LogP contribution is -2.15. The summed E-state index contributed by atoms with van der Waals surface area (Å²) in [6.45, 7) is 4.50. The van der Waals surface area contributed by atoms with Crippen molar-refractivity contribution in [3.63, 3.8) is 0 Å². The Hall–Kier alpha value is -1.70. The quantitative estimate of drug-likeness (QED) is 0.284. The van der Waals surface area contributed by atoms with Gasteiger partial charge in [-0.15, -0.1) is 0 Å². The highest BCUT2D eigenvalue weighted by molar-refractivity contribution is 5.60. The van der Waals surface area contributed by atoms with Crippen LogP contribution in [0.3, 0.4) is 0 Å². The van der Waals surface area contributed by atoms with Crippen molar-refractivity contribution in [3.8, 4) is 11.3 Å². The Morgan fingerprint density at radius 2 is 1.44 bits per heavy atom. The first-order valence-corrected chi connectivity index (χ1v) is 13.4. The first-order chi connectivity index (χ1) is 15.7. The molecule has 1 nitrogen and oxygen atoms in total. The summed E-state index contributed by atoms with van der Waals surface area (Å²) in [6, 6.07) is 9.85. The third-order valence-electron chi connectivity index (χ3n) is 7.48. The molecule has 1 aromatic heterocycles. The van der Waals surface area contributed by atoms with Gasteiger partial charge in [-0.25, -0.2) is 4.39 Å². The van der Waals surface area contributed by atoms with Crippen molar-refractivity contribution in [1.29, 1.82) is 0 Å². The van der Waals surface area contributed by atoms with Gasteiger partial charge in [-0.3, -0.25) is 4.98 Å². The number of rotatable bonds is 13. The minimum Gasteiger partial charge on any atom is -0.256 e. The van der Waals surface area contributed by atoms with Crippen molar-refractivity contribution in [3.05, 3.63) is 53.5 Å². The van der Waals surface area contributed by atoms with Crippen LogP contribution >= 0.6 is 0 Å². The minimum absolute atomic E-state index is 0.135. The van der Waals surface area contributed by atoms with Gasteiger partial charge in [-0.2, -0.15) is 0 Å². The van der Waals surface area contributed by atoms with E-state index in [0.717, 1.165) is 35.9 Å². The van der Waals surface area contributed by atoms with Gasteiger partial charge in [-0.05, 0) is 66.8 Å². The number of benzene rings is 1. The van der Waals surface area contributed by atoms with E-state index in [1.807, 2.05) is 18.3 Å². The maximum Gasteiger partial charge on any atom is 0.132 e. The van der Waals surface area contributed by atoms with Crippen LogP contribution in [0.1, 0.15) is 108 Å². The molecular formula is C30H44FN. The van der Waals surface area contributed by atoms with E-state index >= 15 is 0 Å². The minimum atomic E-state index is -0.135. The fraction of sp³-hybridized carbons (Fsp3) is 0.633. The predicted molar refractivity (Wildman–Crippen MR) is 135 cm³/mol. The van der Waals surface area contributed by atoms with E-state index < -0.39 is 0 Å². The van der Waals surface area contributed by atoms with Gasteiger partial charge in [0, 0.05) is 11.8 Å². The predicted octanol–water partition coefficient (Wildman–Crippen LogP) is 9.33. The zero-order chi connectivity index (χ0) is 22.6. The molecule has 0 amide bonds. The van der Waals surface area contributed by atoms with E-state index in [-0.39, 0.29) is 5.82 Å². The van der Waals surface area contributed by atoms with Crippen LogP contribution in [0.15, 0.2) is 36.5 Å². The third-order valence-corrected chi connectivity index (χ3v) is 7.48. The summed E-state index contributed by atoms with van der Waals surface area (Å²) in [5.74, 6) is 1.65. The molecule has 1 aliphatic rings. The Bertz CT molecular complexity index is 774. The van der Waals surface area contributed by atoms with Crippen LogP contribution < -0.4 is 0 Å². The van der Waals surface area contributed by atoms with Crippen molar-refractivity contribution in [2.75, 3.05) is 0 Å². The Morgan fingerprint density at radius 1 is 0.750 bits per heavy atom. The number of hydrogen-bond donors (Lipinski definition) is 0. The number of nitrogens with zero attached hydrogens (tertiary/aromatic N) is 1. The van der Waals surface area contributed by atoms with Crippen LogP contribution in [0.2, 0.25) is 0 Å². The first kappa shape index (κ1) is 24.9. The fourth-order valence-corrected chi connectivity index (χ4v) is 5.27. The van der Waals surface area contributed by atoms with Crippen LogP contribution in [-0.2, 0) is 12.8 Å². The Balaban J connectivity index is 1.44. The van der Waals surface area contributed by atoms with E-state index in [4.69, 9.17) is 0 Å². The number of pyridine rings is 1. The van der Waals surface area contributed by atoms with Crippen molar-refractivity contribution in [1.82, 2.24) is 4.98 Å². The average molecular weight is 438 g/mol. The maximum atomic E-state index is 14.8. The zero-order valence-electron chi connectivity index (χ0n) is 20.6. The number of aryl methyl sites for hydroxylation is 2. The number of halogens is 1. The highest BCUT2D eigenvalue weighted by Crippen LogP contribution is 2.34. The van der Waals surface area contributed by atoms with E-state index in [1.54, 1.807) is 6.07 Å².